The molecule has 1 unspecified atom stereocenters. The van der Waals surface area contributed by atoms with E-state index >= 15 is 0 Å². The van der Waals surface area contributed by atoms with Crippen LogP contribution in [-0.4, -0.2) is 60.5 Å². The number of hydrogen-bond donors (Lipinski definition) is 2. The number of nitrogens with two attached hydrogens (primary N) is 1. The Kier molecular flexibility index (Phi) is 2.28. The lowest BCUT2D eigenvalue weighted by molar-refractivity contribution is -0.119. The Labute approximate surface area is 82.0 Å². The molecule has 6 heteroatoms. The second kappa shape index (κ2) is 3.45. The number of urea groups is 1. The van der Waals surface area contributed by atoms with Gasteiger partial charge >= 0.3 is 6.03 Å². The Balaban J connectivity index is 1.92. The van der Waals surface area contributed by atoms with Crippen LogP contribution in [0.1, 0.15) is 0 Å². The van der Waals surface area contributed by atoms with Crippen LogP contribution in [0, 0.1) is 0 Å². The zero-order chi connectivity index (χ0) is 10.1. The summed E-state index contributed by atoms with van der Waals surface area (Å²) < 4.78 is 0. The normalized spacial score (nSPS) is 27.3. The zero-order valence-corrected chi connectivity index (χ0v) is 7.90. The van der Waals surface area contributed by atoms with Gasteiger partial charge in [-0.1, -0.05) is 0 Å². The molecule has 0 radical (unpaired) electrons. The van der Waals surface area contributed by atoms with Crippen LogP contribution in [0.15, 0.2) is 0 Å². The molecule has 0 bridgehead atoms. The van der Waals surface area contributed by atoms with Gasteiger partial charge in [0.1, 0.15) is 0 Å². The number of carbonyl (C=O) groups is 2. The van der Waals surface area contributed by atoms with Crippen molar-refractivity contribution < 1.29 is 9.59 Å². The lowest BCUT2D eigenvalue weighted by Crippen LogP contribution is -2.53. The molecule has 2 saturated heterocycles. The second-order valence-electron chi connectivity index (χ2n) is 3.73. The summed E-state index contributed by atoms with van der Waals surface area (Å²) in [5.41, 5.74) is 5.11. The monoisotopic (exact) mass is 198 g/mol. The first-order valence-electron chi connectivity index (χ1n) is 4.72. The van der Waals surface area contributed by atoms with E-state index in [1.165, 1.54) is 0 Å². The number of rotatable bonds is 2. The van der Waals surface area contributed by atoms with Crippen LogP contribution in [0.3, 0.4) is 0 Å². The number of fused-ring (bicyclic) bond motifs is 1. The third-order valence-corrected chi connectivity index (χ3v) is 2.70. The molecule has 2 aliphatic rings. The number of piperazine rings is 1. The molecule has 78 valence electrons. The van der Waals surface area contributed by atoms with E-state index in [0.29, 0.717) is 19.6 Å². The van der Waals surface area contributed by atoms with Crippen LogP contribution in [-0.2, 0) is 4.79 Å². The van der Waals surface area contributed by atoms with Crippen LogP contribution in [0.4, 0.5) is 4.79 Å². The SMILES string of the molecule is NC(=O)CN1CCN2C(=O)NCC2C1. The Bertz CT molecular complexity index is 268. The number of nitrogens with zero attached hydrogens (tertiary/aromatic N) is 2. The number of carbonyl (C=O) groups excluding carboxylic acids is 2. The molecule has 2 rings (SSSR count). The van der Waals surface area contributed by atoms with Gasteiger partial charge in [0.25, 0.3) is 0 Å². The van der Waals surface area contributed by atoms with Crippen LogP contribution in [0.5, 0.6) is 0 Å². The predicted molar refractivity (Wildman–Crippen MR) is 49.5 cm³/mol. The van der Waals surface area contributed by atoms with Gasteiger partial charge in [0, 0.05) is 26.2 Å². The average molecular weight is 198 g/mol. The quantitative estimate of drug-likeness (QED) is 0.548. The van der Waals surface area contributed by atoms with E-state index in [4.69, 9.17) is 5.73 Å². The first-order chi connectivity index (χ1) is 6.66. The highest BCUT2D eigenvalue weighted by molar-refractivity contribution is 5.77. The van der Waals surface area contributed by atoms with Crippen molar-refractivity contribution in [2.75, 3.05) is 32.7 Å². The summed E-state index contributed by atoms with van der Waals surface area (Å²) in [6.07, 6.45) is 0. The molecule has 0 saturated carbocycles. The first kappa shape index (κ1) is 9.26. The van der Waals surface area contributed by atoms with Crippen molar-refractivity contribution in [3.05, 3.63) is 0 Å². The van der Waals surface area contributed by atoms with E-state index in [1.54, 1.807) is 0 Å². The van der Waals surface area contributed by atoms with Gasteiger partial charge in [-0.15, -0.1) is 0 Å². The molecule has 0 spiro atoms. The van der Waals surface area contributed by atoms with E-state index in [2.05, 4.69) is 5.32 Å². The summed E-state index contributed by atoms with van der Waals surface area (Å²) in [6.45, 7) is 3.12. The fraction of sp³-hybridized carbons (Fsp3) is 0.750. The van der Waals surface area contributed by atoms with Crippen LogP contribution >= 0.6 is 0 Å². The van der Waals surface area contributed by atoms with E-state index in [1.807, 2.05) is 9.80 Å². The third-order valence-electron chi connectivity index (χ3n) is 2.70. The maximum atomic E-state index is 11.2. The molecule has 0 aromatic carbocycles. The third kappa shape index (κ3) is 1.65. The molecule has 0 aromatic rings. The average Bonchev–Trinajstić information content (AvgIpc) is 2.46. The van der Waals surface area contributed by atoms with E-state index in [9.17, 15) is 9.59 Å². The molecule has 3 N–H and O–H groups in total. The Hall–Kier alpha value is -1.30. The summed E-state index contributed by atoms with van der Waals surface area (Å²) in [5.74, 6) is -0.310. The number of amides is 3. The number of nitrogens with one attached hydrogen (secondary N) is 1. The molecule has 0 aliphatic carbocycles. The molecule has 0 aromatic heterocycles. The van der Waals surface area contributed by atoms with Gasteiger partial charge < -0.3 is 16.0 Å². The Morgan fingerprint density at radius 3 is 3.07 bits per heavy atom. The number of hydrogen-bond acceptors (Lipinski definition) is 3. The van der Waals surface area contributed by atoms with Crippen molar-refractivity contribution in [2.45, 2.75) is 6.04 Å². The molecular formula is C8H14N4O2. The summed E-state index contributed by atoms with van der Waals surface area (Å²) in [4.78, 5) is 25.8. The lowest BCUT2D eigenvalue weighted by Gasteiger charge is -2.35. The smallest absolute Gasteiger partial charge is 0.317 e. The first-order valence-corrected chi connectivity index (χ1v) is 4.72. The van der Waals surface area contributed by atoms with Crippen molar-refractivity contribution in [1.82, 2.24) is 15.1 Å². The molecule has 2 fully saturated rings. The van der Waals surface area contributed by atoms with Gasteiger partial charge in [-0.3, -0.25) is 9.69 Å². The zero-order valence-electron chi connectivity index (χ0n) is 7.90. The summed E-state index contributed by atoms with van der Waals surface area (Å²) >= 11 is 0. The van der Waals surface area contributed by atoms with Crippen molar-refractivity contribution in [2.24, 2.45) is 5.73 Å². The van der Waals surface area contributed by atoms with Crippen LogP contribution in [0.2, 0.25) is 0 Å². The molecule has 6 nitrogen and oxygen atoms in total. The summed E-state index contributed by atoms with van der Waals surface area (Å²) in [6, 6.07) is 0.212. The highest BCUT2D eigenvalue weighted by Gasteiger charge is 2.35. The lowest BCUT2D eigenvalue weighted by atomic mass is 10.2. The standard InChI is InChI=1S/C8H14N4O2/c9-7(13)5-11-1-2-12-6(4-11)3-10-8(12)14/h6H,1-5H2,(H2,9,13)(H,10,14). The fourth-order valence-electron chi connectivity index (χ4n) is 2.03. The van der Waals surface area contributed by atoms with Gasteiger partial charge in [0.05, 0.1) is 12.6 Å². The molecule has 2 aliphatic heterocycles. The maximum Gasteiger partial charge on any atom is 0.317 e. The molecule has 14 heavy (non-hydrogen) atoms. The summed E-state index contributed by atoms with van der Waals surface area (Å²) in [7, 11) is 0. The Morgan fingerprint density at radius 2 is 2.36 bits per heavy atom. The summed E-state index contributed by atoms with van der Waals surface area (Å²) in [5, 5.41) is 2.78. The molecule has 1 atom stereocenters. The highest BCUT2D eigenvalue weighted by atomic mass is 16.2. The van der Waals surface area contributed by atoms with Crippen molar-refractivity contribution in [1.29, 1.82) is 0 Å². The molecular weight excluding hydrogens is 184 g/mol. The van der Waals surface area contributed by atoms with Crippen molar-refractivity contribution in [3.63, 3.8) is 0 Å². The molecule has 3 amide bonds. The second-order valence-corrected chi connectivity index (χ2v) is 3.73. The highest BCUT2D eigenvalue weighted by Crippen LogP contribution is 2.13. The topological polar surface area (TPSA) is 78.7 Å². The minimum atomic E-state index is -0.310. The van der Waals surface area contributed by atoms with Crippen molar-refractivity contribution >= 4 is 11.9 Å². The minimum absolute atomic E-state index is 0.00808. The molecule has 2 heterocycles. The van der Waals surface area contributed by atoms with Crippen LogP contribution in [0.25, 0.3) is 0 Å². The Morgan fingerprint density at radius 1 is 1.57 bits per heavy atom. The van der Waals surface area contributed by atoms with Gasteiger partial charge in [-0.2, -0.15) is 0 Å². The van der Waals surface area contributed by atoms with Gasteiger partial charge in [-0.05, 0) is 0 Å². The van der Waals surface area contributed by atoms with Gasteiger partial charge in [0.2, 0.25) is 5.91 Å². The largest absolute Gasteiger partial charge is 0.369 e. The van der Waals surface area contributed by atoms with Gasteiger partial charge in [-0.25, -0.2) is 4.79 Å². The minimum Gasteiger partial charge on any atom is -0.369 e. The fourth-order valence-corrected chi connectivity index (χ4v) is 2.03. The van der Waals surface area contributed by atoms with Crippen molar-refractivity contribution in [3.8, 4) is 0 Å². The van der Waals surface area contributed by atoms with Gasteiger partial charge in [0.15, 0.2) is 0 Å². The van der Waals surface area contributed by atoms with E-state index < -0.39 is 0 Å². The predicted octanol–water partition coefficient (Wildman–Crippen LogP) is -1.82. The van der Waals surface area contributed by atoms with E-state index in [0.717, 1.165) is 13.1 Å². The van der Waals surface area contributed by atoms with E-state index in [-0.39, 0.29) is 18.0 Å². The van der Waals surface area contributed by atoms with Crippen LogP contribution < -0.4 is 11.1 Å². The maximum absolute atomic E-state index is 11.2. The number of primary amides is 1.